The van der Waals surface area contributed by atoms with Gasteiger partial charge in [0.2, 0.25) is 6.79 Å². The number of fused-ring (bicyclic) bond motifs is 2. The minimum atomic E-state index is -0.118. The molecule has 24 heavy (non-hydrogen) atoms. The molecule has 2 N–H and O–H groups in total. The van der Waals surface area contributed by atoms with E-state index in [1.807, 2.05) is 43.3 Å². The summed E-state index contributed by atoms with van der Waals surface area (Å²) in [6.45, 7) is 2.87. The number of nitrogens with one attached hydrogen (secondary N) is 2. The zero-order valence-corrected chi connectivity index (χ0v) is 13.2. The predicted octanol–water partition coefficient (Wildman–Crippen LogP) is 2.50. The Morgan fingerprint density at radius 2 is 2.04 bits per heavy atom. The molecule has 0 saturated heterocycles. The van der Waals surface area contributed by atoms with Gasteiger partial charge in [0.05, 0.1) is 16.9 Å². The van der Waals surface area contributed by atoms with Crippen LogP contribution in [0.25, 0.3) is 10.9 Å². The first-order chi connectivity index (χ1) is 11.7. The standard InChI is InChI=1S/C18H17N3O3/c1-11(17-20-14-5-3-2-4-13(14)18(22)21-17)19-9-12-6-7-15-16(8-12)24-10-23-15/h2-8,11,19H,9-10H2,1H3,(H,20,21,22)/t11-/m0/s1. The molecule has 0 spiro atoms. The van der Waals surface area contributed by atoms with Gasteiger partial charge in [-0.25, -0.2) is 4.98 Å². The molecule has 0 aliphatic carbocycles. The van der Waals surface area contributed by atoms with E-state index in [1.54, 1.807) is 6.07 Å². The number of para-hydroxylation sites is 1. The number of hydrogen-bond acceptors (Lipinski definition) is 5. The molecule has 1 aliphatic rings. The molecule has 6 heteroatoms. The van der Waals surface area contributed by atoms with Crippen molar-refractivity contribution in [3.63, 3.8) is 0 Å². The van der Waals surface area contributed by atoms with Crippen molar-refractivity contribution in [2.45, 2.75) is 19.5 Å². The van der Waals surface area contributed by atoms with Crippen molar-refractivity contribution in [1.29, 1.82) is 0 Å². The van der Waals surface area contributed by atoms with Crippen molar-refractivity contribution in [3.05, 3.63) is 64.2 Å². The van der Waals surface area contributed by atoms with Crippen LogP contribution in [0.1, 0.15) is 24.4 Å². The van der Waals surface area contributed by atoms with E-state index in [9.17, 15) is 4.79 Å². The van der Waals surface area contributed by atoms with Crippen LogP contribution in [0.3, 0.4) is 0 Å². The van der Waals surface area contributed by atoms with Gasteiger partial charge in [-0.1, -0.05) is 18.2 Å². The van der Waals surface area contributed by atoms with Gasteiger partial charge in [-0.05, 0) is 36.8 Å². The number of benzene rings is 2. The number of nitrogens with zero attached hydrogens (tertiary/aromatic N) is 1. The van der Waals surface area contributed by atoms with E-state index in [2.05, 4.69) is 15.3 Å². The molecule has 0 bridgehead atoms. The summed E-state index contributed by atoms with van der Waals surface area (Å²) < 4.78 is 10.7. The van der Waals surface area contributed by atoms with Crippen molar-refractivity contribution in [2.24, 2.45) is 0 Å². The molecular weight excluding hydrogens is 306 g/mol. The molecular formula is C18H17N3O3. The molecule has 1 aliphatic heterocycles. The molecule has 0 fully saturated rings. The molecule has 0 unspecified atom stereocenters. The Morgan fingerprint density at radius 3 is 2.96 bits per heavy atom. The Hall–Kier alpha value is -2.86. The summed E-state index contributed by atoms with van der Waals surface area (Å²) in [5, 5.41) is 3.97. The highest BCUT2D eigenvalue weighted by Gasteiger charge is 2.14. The van der Waals surface area contributed by atoms with Gasteiger partial charge in [0.1, 0.15) is 5.82 Å². The number of H-pyrrole nitrogens is 1. The third kappa shape index (κ3) is 2.72. The minimum absolute atomic E-state index is 0.0901. The van der Waals surface area contributed by atoms with Crippen LogP contribution in [0.2, 0.25) is 0 Å². The average molecular weight is 323 g/mol. The average Bonchev–Trinajstić information content (AvgIpc) is 3.07. The van der Waals surface area contributed by atoms with Crippen LogP contribution < -0.4 is 20.3 Å². The topological polar surface area (TPSA) is 76.2 Å². The van der Waals surface area contributed by atoms with Gasteiger partial charge in [0.15, 0.2) is 11.5 Å². The summed E-state index contributed by atoms with van der Waals surface area (Å²) in [4.78, 5) is 19.5. The van der Waals surface area contributed by atoms with E-state index in [4.69, 9.17) is 9.47 Å². The van der Waals surface area contributed by atoms with Gasteiger partial charge < -0.3 is 19.8 Å². The summed E-state index contributed by atoms with van der Waals surface area (Å²) in [5.41, 5.74) is 1.66. The monoisotopic (exact) mass is 323 g/mol. The highest BCUT2D eigenvalue weighted by Crippen LogP contribution is 2.32. The van der Waals surface area contributed by atoms with Crippen molar-refractivity contribution in [1.82, 2.24) is 15.3 Å². The van der Waals surface area contributed by atoms with E-state index >= 15 is 0 Å². The maximum Gasteiger partial charge on any atom is 0.258 e. The Bertz CT molecular complexity index is 952. The number of hydrogen-bond donors (Lipinski definition) is 2. The number of rotatable bonds is 4. The van der Waals surface area contributed by atoms with Gasteiger partial charge in [0.25, 0.3) is 5.56 Å². The maximum atomic E-state index is 12.2. The lowest BCUT2D eigenvalue weighted by atomic mass is 10.2. The summed E-state index contributed by atoms with van der Waals surface area (Å²) in [5.74, 6) is 2.16. The normalized spacial score (nSPS) is 14.0. The summed E-state index contributed by atoms with van der Waals surface area (Å²) >= 11 is 0. The van der Waals surface area contributed by atoms with E-state index < -0.39 is 0 Å². The third-order valence-electron chi connectivity index (χ3n) is 4.09. The molecule has 0 saturated carbocycles. The van der Waals surface area contributed by atoms with Gasteiger partial charge in [-0.15, -0.1) is 0 Å². The summed E-state index contributed by atoms with van der Waals surface area (Å²) in [6, 6.07) is 13.1. The lowest BCUT2D eigenvalue weighted by Gasteiger charge is -2.14. The van der Waals surface area contributed by atoms with Crippen molar-refractivity contribution < 1.29 is 9.47 Å². The second-order valence-electron chi connectivity index (χ2n) is 5.76. The fourth-order valence-corrected chi connectivity index (χ4v) is 2.73. The largest absolute Gasteiger partial charge is 0.454 e. The van der Waals surface area contributed by atoms with E-state index in [0.717, 1.165) is 17.1 Å². The van der Waals surface area contributed by atoms with E-state index in [0.29, 0.717) is 23.3 Å². The Kier molecular flexibility index (Phi) is 3.66. The fourth-order valence-electron chi connectivity index (χ4n) is 2.73. The lowest BCUT2D eigenvalue weighted by Crippen LogP contribution is -2.23. The Morgan fingerprint density at radius 1 is 1.21 bits per heavy atom. The van der Waals surface area contributed by atoms with Crippen molar-refractivity contribution in [2.75, 3.05) is 6.79 Å². The number of aromatic amines is 1. The van der Waals surface area contributed by atoms with Crippen molar-refractivity contribution in [3.8, 4) is 11.5 Å². The first kappa shape index (κ1) is 14.7. The maximum absolute atomic E-state index is 12.2. The number of ether oxygens (including phenoxy) is 2. The smallest absolute Gasteiger partial charge is 0.258 e. The van der Waals surface area contributed by atoms with Crippen LogP contribution >= 0.6 is 0 Å². The highest BCUT2D eigenvalue weighted by molar-refractivity contribution is 5.77. The van der Waals surface area contributed by atoms with Gasteiger partial charge in [-0.3, -0.25) is 4.79 Å². The van der Waals surface area contributed by atoms with Crippen LogP contribution in [0.4, 0.5) is 0 Å². The Labute approximate surface area is 138 Å². The summed E-state index contributed by atoms with van der Waals surface area (Å²) in [7, 11) is 0. The first-order valence-electron chi connectivity index (χ1n) is 7.81. The molecule has 0 radical (unpaired) electrons. The molecule has 6 nitrogen and oxygen atoms in total. The number of aromatic nitrogens is 2. The fraction of sp³-hybridized carbons (Fsp3) is 0.222. The third-order valence-corrected chi connectivity index (χ3v) is 4.09. The molecule has 122 valence electrons. The molecule has 4 rings (SSSR count). The second-order valence-corrected chi connectivity index (χ2v) is 5.76. The van der Waals surface area contributed by atoms with Crippen molar-refractivity contribution >= 4 is 10.9 Å². The molecule has 0 amide bonds. The van der Waals surface area contributed by atoms with E-state index in [1.165, 1.54) is 0 Å². The highest BCUT2D eigenvalue weighted by atomic mass is 16.7. The predicted molar refractivity (Wildman–Crippen MR) is 90.2 cm³/mol. The summed E-state index contributed by atoms with van der Waals surface area (Å²) in [6.07, 6.45) is 0. The second kappa shape index (κ2) is 5.98. The molecule has 2 aromatic carbocycles. The van der Waals surface area contributed by atoms with Crippen LogP contribution in [0.15, 0.2) is 47.3 Å². The van der Waals surface area contributed by atoms with E-state index in [-0.39, 0.29) is 18.4 Å². The SMILES string of the molecule is C[C@H](NCc1ccc2c(c1)OCO2)c1nc2ccccc2c(=O)[nH]1. The van der Waals surface area contributed by atoms with Crippen LogP contribution in [0.5, 0.6) is 11.5 Å². The van der Waals surface area contributed by atoms with Gasteiger partial charge >= 0.3 is 0 Å². The Balaban J connectivity index is 1.52. The zero-order valence-electron chi connectivity index (χ0n) is 13.2. The van der Waals surface area contributed by atoms with Gasteiger partial charge in [0, 0.05) is 6.54 Å². The zero-order chi connectivity index (χ0) is 16.5. The van der Waals surface area contributed by atoms with Crippen LogP contribution in [-0.4, -0.2) is 16.8 Å². The molecule has 2 heterocycles. The quantitative estimate of drug-likeness (QED) is 0.771. The molecule has 1 atom stereocenters. The first-order valence-corrected chi connectivity index (χ1v) is 7.81. The lowest BCUT2D eigenvalue weighted by molar-refractivity contribution is 0.174. The molecule has 1 aromatic heterocycles. The molecule has 3 aromatic rings. The van der Waals surface area contributed by atoms with Gasteiger partial charge in [-0.2, -0.15) is 0 Å². The van der Waals surface area contributed by atoms with Crippen LogP contribution in [-0.2, 0) is 6.54 Å². The van der Waals surface area contributed by atoms with Crippen LogP contribution in [0, 0.1) is 0 Å². The minimum Gasteiger partial charge on any atom is -0.454 e.